The van der Waals surface area contributed by atoms with Gasteiger partial charge in [0.1, 0.15) is 6.61 Å². The molecular formula is C11H11IO3. The van der Waals surface area contributed by atoms with Crippen LogP contribution >= 0.6 is 22.6 Å². The molecule has 3 nitrogen and oxygen atoms in total. The van der Waals surface area contributed by atoms with Crippen LogP contribution < -0.4 is 9.47 Å². The molecule has 0 saturated carbocycles. The summed E-state index contributed by atoms with van der Waals surface area (Å²) in [4.78, 5) is 10.7. The first-order valence-electron chi connectivity index (χ1n) is 4.30. The van der Waals surface area contributed by atoms with E-state index in [0.29, 0.717) is 23.7 Å². The molecule has 0 saturated heterocycles. The fraction of sp³-hybridized carbons (Fsp3) is 0.182. The Hall–Kier alpha value is -1.04. The van der Waals surface area contributed by atoms with E-state index in [1.165, 1.54) is 0 Å². The highest BCUT2D eigenvalue weighted by Gasteiger charge is 2.12. The minimum absolute atomic E-state index is 0.384. The molecule has 0 aliphatic carbocycles. The Kier molecular flexibility index (Phi) is 4.61. The van der Waals surface area contributed by atoms with Gasteiger partial charge >= 0.3 is 0 Å². The fourth-order valence-electron chi connectivity index (χ4n) is 1.08. The van der Waals surface area contributed by atoms with Gasteiger partial charge in [-0.05, 0) is 34.7 Å². The molecule has 80 valence electrons. The predicted molar refractivity (Wildman–Crippen MR) is 66.8 cm³/mol. The maximum absolute atomic E-state index is 10.7. The zero-order valence-electron chi connectivity index (χ0n) is 8.33. The van der Waals surface area contributed by atoms with E-state index < -0.39 is 0 Å². The largest absolute Gasteiger partial charge is 0.493 e. The van der Waals surface area contributed by atoms with Crippen LogP contribution in [0.25, 0.3) is 0 Å². The number of hydrogen-bond acceptors (Lipinski definition) is 3. The average Bonchev–Trinajstić information content (AvgIpc) is 2.27. The van der Waals surface area contributed by atoms with E-state index in [1.807, 2.05) is 0 Å². The minimum atomic E-state index is 0.384. The van der Waals surface area contributed by atoms with E-state index in [4.69, 9.17) is 9.47 Å². The highest BCUT2D eigenvalue weighted by Crippen LogP contribution is 2.34. The molecule has 0 heterocycles. The summed E-state index contributed by atoms with van der Waals surface area (Å²) < 4.78 is 11.3. The van der Waals surface area contributed by atoms with Crippen LogP contribution in [-0.2, 0) is 0 Å². The molecule has 0 amide bonds. The third kappa shape index (κ3) is 2.71. The van der Waals surface area contributed by atoms with Crippen LogP contribution in [0.5, 0.6) is 11.5 Å². The number of hydrogen-bond donors (Lipinski definition) is 0. The summed E-state index contributed by atoms with van der Waals surface area (Å²) in [6.07, 6.45) is 2.44. The van der Waals surface area contributed by atoms with E-state index in [9.17, 15) is 4.79 Å². The van der Waals surface area contributed by atoms with Crippen LogP contribution in [0.15, 0.2) is 24.8 Å². The summed E-state index contributed by atoms with van der Waals surface area (Å²) in [5, 5.41) is 0. The molecule has 15 heavy (non-hydrogen) atoms. The van der Waals surface area contributed by atoms with Crippen molar-refractivity contribution >= 4 is 28.9 Å². The van der Waals surface area contributed by atoms with Crippen molar-refractivity contribution in [2.24, 2.45) is 0 Å². The molecule has 1 aromatic rings. The third-order valence-corrected chi connectivity index (χ3v) is 2.90. The van der Waals surface area contributed by atoms with Crippen molar-refractivity contribution in [1.82, 2.24) is 0 Å². The van der Waals surface area contributed by atoms with Gasteiger partial charge in [0.25, 0.3) is 0 Å². The summed E-state index contributed by atoms with van der Waals surface area (Å²) in [7, 11) is 1.56. The molecule has 0 spiro atoms. The number of ether oxygens (including phenoxy) is 2. The molecule has 1 rings (SSSR count). The number of carbonyl (C=O) groups is 1. The minimum Gasteiger partial charge on any atom is -0.493 e. The summed E-state index contributed by atoms with van der Waals surface area (Å²) in [6.45, 7) is 3.95. The topological polar surface area (TPSA) is 35.5 Å². The van der Waals surface area contributed by atoms with Gasteiger partial charge in [-0.3, -0.25) is 4.79 Å². The first kappa shape index (κ1) is 12.0. The van der Waals surface area contributed by atoms with Gasteiger partial charge in [0.05, 0.1) is 10.7 Å². The molecule has 0 N–H and O–H groups in total. The van der Waals surface area contributed by atoms with Crippen LogP contribution in [0.4, 0.5) is 0 Å². The lowest BCUT2D eigenvalue weighted by Crippen LogP contribution is -2.00. The SMILES string of the molecule is C=CCOc1c(OC)ccc(C=O)c1I. The fourth-order valence-corrected chi connectivity index (χ4v) is 1.81. The van der Waals surface area contributed by atoms with Gasteiger partial charge in [0.15, 0.2) is 17.8 Å². The summed E-state index contributed by atoms with van der Waals surface area (Å²) in [5.74, 6) is 1.20. The lowest BCUT2D eigenvalue weighted by Gasteiger charge is -2.12. The van der Waals surface area contributed by atoms with Crippen molar-refractivity contribution in [3.05, 3.63) is 33.9 Å². The van der Waals surface area contributed by atoms with Crippen molar-refractivity contribution in [2.75, 3.05) is 13.7 Å². The van der Waals surface area contributed by atoms with E-state index in [2.05, 4.69) is 29.2 Å². The lowest BCUT2D eigenvalue weighted by molar-refractivity contribution is 0.112. The molecule has 0 unspecified atom stereocenters. The second-order valence-electron chi connectivity index (χ2n) is 2.72. The molecule has 0 aromatic heterocycles. The van der Waals surface area contributed by atoms with Gasteiger partial charge < -0.3 is 9.47 Å². The Morgan fingerprint density at radius 3 is 2.80 bits per heavy atom. The van der Waals surface area contributed by atoms with Crippen molar-refractivity contribution in [3.8, 4) is 11.5 Å². The Morgan fingerprint density at radius 1 is 1.53 bits per heavy atom. The second-order valence-corrected chi connectivity index (χ2v) is 3.80. The number of methoxy groups -OCH3 is 1. The number of rotatable bonds is 5. The average molecular weight is 318 g/mol. The molecule has 0 aliphatic rings. The van der Waals surface area contributed by atoms with Crippen LogP contribution in [-0.4, -0.2) is 20.0 Å². The Balaban J connectivity index is 3.15. The second kappa shape index (κ2) is 5.75. The van der Waals surface area contributed by atoms with Crippen LogP contribution in [0, 0.1) is 3.57 Å². The van der Waals surface area contributed by atoms with E-state index in [-0.39, 0.29) is 0 Å². The Bertz CT molecular complexity index is 374. The molecule has 0 aliphatic heterocycles. The third-order valence-electron chi connectivity index (χ3n) is 1.78. The van der Waals surface area contributed by atoms with Gasteiger partial charge in [-0.1, -0.05) is 12.7 Å². The van der Waals surface area contributed by atoms with Crippen LogP contribution in [0.2, 0.25) is 0 Å². The number of halogens is 1. The van der Waals surface area contributed by atoms with E-state index in [1.54, 1.807) is 25.3 Å². The molecule has 4 heteroatoms. The monoisotopic (exact) mass is 318 g/mol. The van der Waals surface area contributed by atoms with Crippen LogP contribution in [0.3, 0.4) is 0 Å². The normalized spacial score (nSPS) is 9.47. The highest BCUT2D eigenvalue weighted by molar-refractivity contribution is 14.1. The number of carbonyl (C=O) groups excluding carboxylic acids is 1. The quantitative estimate of drug-likeness (QED) is 0.476. The number of aldehydes is 1. The van der Waals surface area contributed by atoms with Gasteiger partial charge in [-0.2, -0.15) is 0 Å². The molecule has 0 bridgehead atoms. The van der Waals surface area contributed by atoms with Crippen molar-refractivity contribution < 1.29 is 14.3 Å². The Labute approximate surface area is 102 Å². The van der Waals surface area contributed by atoms with Crippen molar-refractivity contribution in [3.63, 3.8) is 0 Å². The van der Waals surface area contributed by atoms with Gasteiger partial charge in [0, 0.05) is 5.56 Å². The zero-order chi connectivity index (χ0) is 11.3. The smallest absolute Gasteiger partial charge is 0.175 e. The lowest BCUT2D eigenvalue weighted by atomic mass is 10.2. The summed E-state index contributed by atoms with van der Waals surface area (Å²) in [6, 6.07) is 3.42. The predicted octanol–water partition coefficient (Wildman–Crippen LogP) is 2.68. The Morgan fingerprint density at radius 2 is 2.27 bits per heavy atom. The summed E-state index contributed by atoms with van der Waals surface area (Å²) in [5.41, 5.74) is 0.593. The highest BCUT2D eigenvalue weighted by atomic mass is 127. The molecular weight excluding hydrogens is 307 g/mol. The van der Waals surface area contributed by atoms with Gasteiger partial charge in [-0.25, -0.2) is 0 Å². The first-order valence-corrected chi connectivity index (χ1v) is 5.37. The van der Waals surface area contributed by atoms with E-state index >= 15 is 0 Å². The standard InChI is InChI=1S/C11H11IO3/c1-3-6-15-11-9(14-2)5-4-8(7-13)10(11)12/h3-5,7H,1,6H2,2H3. The van der Waals surface area contributed by atoms with E-state index in [0.717, 1.165) is 9.86 Å². The van der Waals surface area contributed by atoms with Crippen molar-refractivity contribution in [2.45, 2.75) is 0 Å². The van der Waals surface area contributed by atoms with Gasteiger partial charge in [0.2, 0.25) is 0 Å². The first-order chi connectivity index (χ1) is 7.24. The molecule has 1 aromatic carbocycles. The molecule has 0 fully saturated rings. The van der Waals surface area contributed by atoms with Crippen molar-refractivity contribution in [1.29, 1.82) is 0 Å². The molecule has 0 atom stereocenters. The molecule has 0 radical (unpaired) electrons. The maximum Gasteiger partial charge on any atom is 0.175 e. The van der Waals surface area contributed by atoms with Gasteiger partial charge in [-0.15, -0.1) is 0 Å². The zero-order valence-corrected chi connectivity index (χ0v) is 10.5. The maximum atomic E-state index is 10.7. The van der Waals surface area contributed by atoms with Crippen LogP contribution in [0.1, 0.15) is 10.4 Å². The number of benzene rings is 1. The summed E-state index contributed by atoms with van der Waals surface area (Å²) >= 11 is 2.06.